The summed E-state index contributed by atoms with van der Waals surface area (Å²) in [5.41, 5.74) is 9.95. The fourth-order valence-electron chi connectivity index (χ4n) is 5.04. The maximum absolute atomic E-state index is 12.4. The Morgan fingerprint density at radius 3 is 1.72 bits per heavy atom. The molecule has 8 heteroatoms. The molecule has 0 radical (unpaired) electrons. The maximum Gasteiger partial charge on any atom is 0.351 e. The van der Waals surface area contributed by atoms with Gasteiger partial charge in [0.05, 0.1) is 6.61 Å². The van der Waals surface area contributed by atoms with Gasteiger partial charge in [0.1, 0.15) is 29.7 Å². The second kappa shape index (κ2) is 10.7. The van der Waals surface area contributed by atoms with Crippen molar-refractivity contribution in [2.75, 3.05) is 12.3 Å². The first-order chi connectivity index (χ1) is 18.7. The molecule has 0 unspecified atom stereocenters. The van der Waals surface area contributed by atoms with Crippen molar-refractivity contribution in [1.82, 2.24) is 9.55 Å². The highest BCUT2D eigenvalue weighted by Gasteiger charge is 2.46. The van der Waals surface area contributed by atoms with Crippen molar-refractivity contribution in [2.45, 2.75) is 50.9 Å². The molecule has 1 aliphatic rings. The third-order valence-corrected chi connectivity index (χ3v) is 7.30. The van der Waals surface area contributed by atoms with Gasteiger partial charge in [-0.25, -0.2) is 4.79 Å². The third kappa shape index (κ3) is 5.12. The van der Waals surface area contributed by atoms with Crippen molar-refractivity contribution < 1.29 is 19.7 Å². The van der Waals surface area contributed by atoms with E-state index in [1.165, 1.54) is 12.3 Å². The van der Waals surface area contributed by atoms with Crippen molar-refractivity contribution in [1.29, 1.82) is 0 Å². The quantitative estimate of drug-likeness (QED) is 0.315. The summed E-state index contributed by atoms with van der Waals surface area (Å²) < 4.78 is 14.0. The van der Waals surface area contributed by atoms with Gasteiger partial charge in [0.25, 0.3) is 0 Å². The Balaban J connectivity index is 1.56. The molecule has 202 valence electrons. The first-order valence-corrected chi connectivity index (χ1v) is 12.9. The minimum Gasteiger partial charge on any atom is -0.387 e. The van der Waals surface area contributed by atoms with E-state index < -0.39 is 35.8 Å². The van der Waals surface area contributed by atoms with Crippen LogP contribution in [-0.2, 0) is 15.1 Å². The van der Waals surface area contributed by atoms with Gasteiger partial charge in [-0.05, 0) is 43.5 Å². The highest BCUT2D eigenvalue weighted by molar-refractivity contribution is 5.49. The molecule has 39 heavy (non-hydrogen) atoms. The summed E-state index contributed by atoms with van der Waals surface area (Å²) >= 11 is 0. The Morgan fingerprint density at radius 2 is 1.28 bits per heavy atom. The zero-order chi connectivity index (χ0) is 27.7. The standard InChI is InChI=1S/C31H33N3O5/c1-19-4-10-22(11-5-19)31(23-12-6-20(2)7-13-23,24-14-8-21(3)9-15-24)38-18-25-27(35)28(36)29(39-25)34-17-16-26(32)33-30(34)37/h4-17,25,27-29,35-36H,18H2,1-3H3,(H2,32,33,37)/t25-,27-,28-,29-/m1/s1. The molecule has 0 bridgehead atoms. The van der Waals surface area contributed by atoms with E-state index in [2.05, 4.69) is 4.98 Å². The van der Waals surface area contributed by atoms with Gasteiger partial charge in [0.15, 0.2) is 6.23 Å². The molecule has 2 heterocycles. The number of aliphatic hydroxyl groups excluding tert-OH is 2. The predicted octanol–water partition coefficient (Wildman–Crippen LogP) is 3.38. The fraction of sp³-hybridized carbons (Fsp3) is 0.290. The van der Waals surface area contributed by atoms with Crippen LogP contribution in [0.3, 0.4) is 0 Å². The van der Waals surface area contributed by atoms with Crippen LogP contribution in [0.5, 0.6) is 0 Å². The number of benzene rings is 3. The SMILES string of the molecule is Cc1ccc(C(OC[C@H]2O[C@@H](n3ccc(N)nc3=O)[C@H](O)[C@@H]2O)(c2ccc(C)cc2)c2ccc(C)cc2)cc1. The lowest BCUT2D eigenvalue weighted by molar-refractivity contribution is -0.0958. The van der Waals surface area contributed by atoms with Crippen molar-refractivity contribution in [2.24, 2.45) is 0 Å². The van der Waals surface area contributed by atoms with Crippen molar-refractivity contribution >= 4 is 5.82 Å². The summed E-state index contributed by atoms with van der Waals surface area (Å²) in [5, 5.41) is 21.7. The molecule has 4 atom stereocenters. The minimum absolute atomic E-state index is 0.0586. The number of nitrogens with zero attached hydrogens (tertiary/aromatic N) is 2. The fourth-order valence-corrected chi connectivity index (χ4v) is 5.04. The van der Waals surface area contributed by atoms with E-state index >= 15 is 0 Å². The maximum atomic E-state index is 12.4. The lowest BCUT2D eigenvalue weighted by atomic mass is 9.79. The molecule has 0 spiro atoms. The molecule has 1 fully saturated rings. The summed E-state index contributed by atoms with van der Waals surface area (Å²) in [4.78, 5) is 16.1. The Labute approximate surface area is 227 Å². The number of rotatable bonds is 7. The van der Waals surface area contributed by atoms with Crippen LogP contribution in [0.4, 0.5) is 5.82 Å². The van der Waals surface area contributed by atoms with E-state index in [0.29, 0.717) is 0 Å². The Bertz CT molecular complexity index is 1370. The number of nitrogens with two attached hydrogens (primary N) is 1. The van der Waals surface area contributed by atoms with Crippen LogP contribution in [0.25, 0.3) is 0 Å². The van der Waals surface area contributed by atoms with Crippen LogP contribution < -0.4 is 11.4 Å². The number of nitrogen functional groups attached to an aromatic ring is 1. The van der Waals surface area contributed by atoms with Gasteiger partial charge in [0.2, 0.25) is 0 Å². The lowest BCUT2D eigenvalue weighted by Crippen LogP contribution is -2.39. The Kier molecular flexibility index (Phi) is 7.38. The smallest absolute Gasteiger partial charge is 0.351 e. The molecule has 4 N–H and O–H groups in total. The van der Waals surface area contributed by atoms with Crippen LogP contribution in [0.2, 0.25) is 0 Å². The minimum atomic E-state index is -1.37. The molecular weight excluding hydrogens is 494 g/mol. The Hall–Kier alpha value is -3.82. The van der Waals surface area contributed by atoms with Gasteiger partial charge >= 0.3 is 5.69 Å². The number of anilines is 1. The molecule has 3 aromatic carbocycles. The summed E-state index contributed by atoms with van der Waals surface area (Å²) in [6.07, 6.45) is -3.33. The predicted molar refractivity (Wildman–Crippen MR) is 148 cm³/mol. The number of hydrogen-bond acceptors (Lipinski definition) is 7. The number of aliphatic hydroxyl groups is 2. The van der Waals surface area contributed by atoms with E-state index in [-0.39, 0.29) is 12.4 Å². The van der Waals surface area contributed by atoms with Gasteiger partial charge in [0, 0.05) is 6.20 Å². The summed E-state index contributed by atoms with van der Waals surface area (Å²) in [7, 11) is 0. The third-order valence-electron chi connectivity index (χ3n) is 7.30. The van der Waals surface area contributed by atoms with Gasteiger partial charge in [-0.15, -0.1) is 0 Å². The zero-order valence-corrected chi connectivity index (χ0v) is 22.2. The van der Waals surface area contributed by atoms with Gasteiger partial charge in [-0.2, -0.15) is 4.98 Å². The second-order valence-electron chi connectivity index (χ2n) is 10.2. The monoisotopic (exact) mass is 527 g/mol. The van der Waals surface area contributed by atoms with Crippen LogP contribution in [-0.4, -0.2) is 44.7 Å². The van der Waals surface area contributed by atoms with Crippen LogP contribution in [0.1, 0.15) is 39.6 Å². The average molecular weight is 528 g/mol. The molecule has 1 aliphatic heterocycles. The van der Waals surface area contributed by atoms with E-state index in [0.717, 1.165) is 37.9 Å². The molecule has 0 aliphatic carbocycles. The van der Waals surface area contributed by atoms with Gasteiger partial charge < -0.3 is 25.4 Å². The molecule has 4 aromatic rings. The van der Waals surface area contributed by atoms with Gasteiger partial charge in [-0.3, -0.25) is 4.57 Å². The first kappa shape index (κ1) is 26.8. The van der Waals surface area contributed by atoms with Crippen LogP contribution >= 0.6 is 0 Å². The summed E-state index contributed by atoms with van der Waals surface area (Å²) in [5.74, 6) is 0.0586. The largest absolute Gasteiger partial charge is 0.387 e. The average Bonchev–Trinajstić information content (AvgIpc) is 3.20. The number of ether oxygens (including phenoxy) is 2. The first-order valence-electron chi connectivity index (χ1n) is 12.9. The summed E-state index contributed by atoms with van der Waals surface area (Å²) in [6, 6.07) is 25.9. The normalized spacial score (nSPS) is 21.3. The molecule has 0 saturated carbocycles. The molecule has 1 aromatic heterocycles. The van der Waals surface area contributed by atoms with E-state index in [4.69, 9.17) is 15.2 Å². The number of hydrogen-bond donors (Lipinski definition) is 3. The van der Waals surface area contributed by atoms with E-state index in [1.54, 1.807) is 0 Å². The highest BCUT2D eigenvalue weighted by atomic mass is 16.6. The van der Waals surface area contributed by atoms with E-state index in [1.807, 2.05) is 93.6 Å². The van der Waals surface area contributed by atoms with E-state index in [9.17, 15) is 15.0 Å². The summed E-state index contributed by atoms with van der Waals surface area (Å²) in [6.45, 7) is 6.02. The number of aryl methyl sites for hydroxylation is 3. The zero-order valence-electron chi connectivity index (χ0n) is 22.2. The second-order valence-corrected chi connectivity index (χ2v) is 10.2. The molecule has 5 rings (SSSR count). The molecule has 0 amide bonds. The van der Waals surface area contributed by atoms with Gasteiger partial charge in [-0.1, -0.05) is 89.5 Å². The number of aromatic nitrogens is 2. The van der Waals surface area contributed by atoms with Crippen molar-refractivity contribution in [3.8, 4) is 0 Å². The van der Waals surface area contributed by atoms with Crippen LogP contribution in [0.15, 0.2) is 89.9 Å². The van der Waals surface area contributed by atoms with Crippen molar-refractivity contribution in [3.05, 3.63) is 129 Å². The lowest BCUT2D eigenvalue weighted by Gasteiger charge is -2.37. The molecule has 1 saturated heterocycles. The molecular formula is C31H33N3O5. The van der Waals surface area contributed by atoms with Crippen molar-refractivity contribution in [3.63, 3.8) is 0 Å². The van der Waals surface area contributed by atoms with Crippen LogP contribution in [0, 0.1) is 20.8 Å². The Morgan fingerprint density at radius 1 is 0.821 bits per heavy atom. The topological polar surface area (TPSA) is 120 Å². The highest BCUT2D eigenvalue weighted by Crippen LogP contribution is 2.42. The molecule has 8 nitrogen and oxygen atoms in total.